The molecule has 1 aliphatic rings. The van der Waals surface area contributed by atoms with Crippen LogP contribution >= 0.6 is 0 Å². The number of nitrogens with one attached hydrogen (secondary N) is 2. The van der Waals surface area contributed by atoms with Gasteiger partial charge in [0.1, 0.15) is 6.04 Å². The van der Waals surface area contributed by atoms with Crippen LogP contribution in [0.1, 0.15) is 38.3 Å². The van der Waals surface area contributed by atoms with Gasteiger partial charge < -0.3 is 10.2 Å². The van der Waals surface area contributed by atoms with Crippen molar-refractivity contribution in [3.05, 3.63) is 29.8 Å². The molecule has 5 nitrogen and oxygen atoms in total. The summed E-state index contributed by atoms with van der Waals surface area (Å²) in [6, 6.07) is 8.15. The molecule has 2 atom stereocenters. The smallest absolute Gasteiger partial charge is 0.249 e. The summed E-state index contributed by atoms with van der Waals surface area (Å²) in [5.74, 6) is -0.449. The number of imide groups is 1. The summed E-state index contributed by atoms with van der Waals surface area (Å²) in [5.41, 5.74) is 2.13. The minimum atomic E-state index is -0.278. The molecule has 2 N–H and O–H groups in total. The standard InChI is InChI=1S/C16H23N3O2/c1-4-13(17-3)11-6-8-12(9-7-11)19-10-15(20)18-16(21)14(19)5-2/h6-9,13-14,17H,4-5,10H2,1-3H3,(H,18,20,21). The third-order valence-electron chi connectivity index (χ3n) is 4.03. The third-order valence-corrected chi connectivity index (χ3v) is 4.03. The predicted octanol–water partition coefficient (Wildman–Crippen LogP) is 1.60. The molecule has 21 heavy (non-hydrogen) atoms. The van der Waals surface area contributed by atoms with E-state index < -0.39 is 0 Å². The second-order valence-corrected chi connectivity index (χ2v) is 5.31. The van der Waals surface area contributed by atoms with Gasteiger partial charge in [-0.25, -0.2) is 0 Å². The van der Waals surface area contributed by atoms with Crippen LogP contribution in [0.2, 0.25) is 0 Å². The van der Waals surface area contributed by atoms with Crippen LogP contribution in [-0.2, 0) is 9.59 Å². The molecule has 0 spiro atoms. The molecule has 5 heteroatoms. The van der Waals surface area contributed by atoms with Crippen LogP contribution in [0.5, 0.6) is 0 Å². The van der Waals surface area contributed by atoms with Crippen molar-refractivity contribution in [2.45, 2.75) is 38.8 Å². The second-order valence-electron chi connectivity index (χ2n) is 5.31. The molecule has 2 amide bonds. The van der Waals surface area contributed by atoms with Crippen LogP contribution in [0.3, 0.4) is 0 Å². The molecule has 1 aromatic rings. The quantitative estimate of drug-likeness (QED) is 0.808. The number of carbonyl (C=O) groups excluding carboxylic acids is 2. The van der Waals surface area contributed by atoms with E-state index in [0.717, 1.165) is 12.1 Å². The highest BCUT2D eigenvalue weighted by atomic mass is 16.2. The van der Waals surface area contributed by atoms with E-state index in [1.807, 2.05) is 31.0 Å². The monoisotopic (exact) mass is 289 g/mol. The van der Waals surface area contributed by atoms with Crippen molar-refractivity contribution < 1.29 is 9.59 Å². The average molecular weight is 289 g/mol. The lowest BCUT2D eigenvalue weighted by Crippen LogP contribution is -2.58. The predicted molar refractivity (Wildman–Crippen MR) is 83.1 cm³/mol. The minimum absolute atomic E-state index is 0.209. The van der Waals surface area contributed by atoms with Crippen molar-refractivity contribution in [3.8, 4) is 0 Å². The fraction of sp³-hybridized carbons (Fsp3) is 0.500. The first-order chi connectivity index (χ1) is 10.1. The van der Waals surface area contributed by atoms with Gasteiger partial charge in [0.15, 0.2) is 0 Å². The van der Waals surface area contributed by atoms with Crippen LogP contribution in [-0.4, -0.2) is 31.4 Å². The van der Waals surface area contributed by atoms with Crippen molar-refractivity contribution >= 4 is 17.5 Å². The highest BCUT2D eigenvalue weighted by Gasteiger charge is 2.32. The number of rotatable bonds is 5. The number of nitrogens with zero attached hydrogens (tertiary/aromatic N) is 1. The number of anilines is 1. The Labute approximate surface area is 125 Å². The van der Waals surface area contributed by atoms with Gasteiger partial charge in [0, 0.05) is 11.7 Å². The van der Waals surface area contributed by atoms with Gasteiger partial charge in [-0.3, -0.25) is 14.9 Å². The zero-order valence-corrected chi connectivity index (χ0v) is 12.8. The van der Waals surface area contributed by atoms with Crippen LogP contribution in [0, 0.1) is 0 Å². The van der Waals surface area contributed by atoms with E-state index in [1.54, 1.807) is 0 Å². The van der Waals surface area contributed by atoms with Gasteiger partial charge >= 0.3 is 0 Å². The van der Waals surface area contributed by atoms with E-state index in [4.69, 9.17) is 0 Å². The molecule has 0 aromatic heterocycles. The van der Waals surface area contributed by atoms with Gasteiger partial charge in [0.05, 0.1) is 6.54 Å². The van der Waals surface area contributed by atoms with E-state index in [2.05, 4.69) is 29.7 Å². The molecule has 1 saturated heterocycles. The van der Waals surface area contributed by atoms with Gasteiger partial charge in [0.2, 0.25) is 11.8 Å². The molecule has 114 valence electrons. The lowest BCUT2D eigenvalue weighted by atomic mass is 10.0. The van der Waals surface area contributed by atoms with E-state index in [9.17, 15) is 9.59 Å². The normalized spacial score (nSPS) is 20.3. The molecule has 0 bridgehead atoms. The van der Waals surface area contributed by atoms with Crippen molar-refractivity contribution in [3.63, 3.8) is 0 Å². The first-order valence-corrected chi connectivity index (χ1v) is 7.48. The van der Waals surface area contributed by atoms with Gasteiger partial charge in [-0.05, 0) is 37.6 Å². The molecule has 2 unspecified atom stereocenters. The summed E-state index contributed by atoms with van der Waals surface area (Å²) >= 11 is 0. The number of carbonyl (C=O) groups is 2. The maximum atomic E-state index is 11.9. The van der Waals surface area contributed by atoms with Crippen LogP contribution in [0.15, 0.2) is 24.3 Å². The fourth-order valence-corrected chi connectivity index (χ4v) is 2.85. The highest BCUT2D eigenvalue weighted by Crippen LogP contribution is 2.24. The van der Waals surface area contributed by atoms with E-state index in [-0.39, 0.29) is 24.4 Å². The second kappa shape index (κ2) is 6.72. The van der Waals surface area contributed by atoms with Crippen molar-refractivity contribution in [2.75, 3.05) is 18.5 Å². The summed E-state index contributed by atoms with van der Waals surface area (Å²) in [7, 11) is 1.95. The first kappa shape index (κ1) is 15.5. The molecule has 1 heterocycles. The summed E-state index contributed by atoms with van der Waals surface area (Å²) in [6.07, 6.45) is 1.69. The fourth-order valence-electron chi connectivity index (χ4n) is 2.85. The molecule has 1 aliphatic heterocycles. The largest absolute Gasteiger partial charge is 0.350 e. The van der Waals surface area contributed by atoms with Gasteiger partial charge in [-0.2, -0.15) is 0 Å². The zero-order chi connectivity index (χ0) is 15.4. The number of hydrogen-bond acceptors (Lipinski definition) is 4. The Hall–Kier alpha value is -1.88. The summed E-state index contributed by atoms with van der Waals surface area (Å²) in [5, 5.41) is 5.67. The number of amides is 2. The van der Waals surface area contributed by atoms with Gasteiger partial charge in [-0.15, -0.1) is 0 Å². The first-order valence-electron chi connectivity index (χ1n) is 7.48. The maximum Gasteiger partial charge on any atom is 0.249 e. The lowest BCUT2D eigenvalue weighted by molar-refractivity contribution is -0.132. The number of hydrogen-bond donors (Lipinski definition) is 2. The molecule has 2 rings (SSSR count). The summed E-state index contributed by atoms with van der Waals surface area (Å²) in [4.78, 5) is 25.4. The van der Waals surface area contributed by atoms with E-state index in [1.165, 1.54) is 5.56 Å². The number of piperazine rings is 1. The van der Waals surface area contributed by atoms with Crippen LogP contribution in [0.25, 0.3) is 0 Å². The Morgan fingerprint density at radius 3 is 2.48 bits per heavy atom. The molecular formula is C16H23N3O2. The Morgan fingerprint density at radius 1 is 1.29 bits per heavy atom. The Kier molecular flexibility index (Phi) is 4.96. The molecule has 0 radical (unpaired) electrons. The zero-order valence-electron chi connectivity index (χ0n) is 12.8. The van der Waals surface area contributed by atoms with E-state index >= 15 is 0 Å². The molecule has 0 saturated carbocycles. The average Bonchev–Trinajstić information content (AvgIpc) is 2.48. The SMILES string of the molecule is CCC(NC)c1ccc(N2CC(=O)NC(=O)C2CC)cc1. The highest BCUT2D eigenvalue weighted by molar-refractivity contribution is 6.04. The van der Waals surface area contributed by atoms with Crippen molar-refractivity contribution in [2.24, 2.45) is 0 Å². The van der Waals surface area contributed by atoms with Crippen LogP contribution < -0.4 is 15.5 Å². The van der Waals surface area contributed by atoms with E-state index in [0.29, 0.717) is 12.5 Å². The summed E-state index contributed by atoms with van der Waals surface area (Å²) in [6.45, 7) is 4.32. The molecule has 1 fully saturated rings. The minimum Gasteiger partial charge on any atom is -0.350 e. The molecule has 0 aliphatic carbocycles. The Balaban J connectivity index is 2.23. The van der Waals surface area contributed by atoms with Crippen molar-refractivity contribution in [1.29, 1.82) is 0 Å². The summed E-state index contributed by atoms with van der Waals surface area (Å²) < 4.78 is 0. The lowest BCUT2D eigenvalue weighted by Gasteiger charge is -2.35. The van der Waals surface area contributed by atoms with Crippen molar-refractivity contribution in [1.82, 2.24) is 10.6 Å². The molecular weight excluding hydrogens is 266 g/mol. The Morgan fingerprint density at radius 2 is 1.95 bits per heavy atom. The van der Waals surface area contributed by atoms with Gasteiger partial charge in [0.25, 0.3) is 0 Å². The number of benzene rings is 1. The third kappa shape index (κ3) is 3.24. The topological polar surface area (TPSA) is 61.4 Å². The Bertz CT molecular complexity index is 509. The van der Waals surface area contributed by atoms with Gasteiger partial charge in [-0.1, -0.05) is 26.0 Å². The maximum absolute atomic E-state index is 11.9. The molecule has 1 aromatic carbocycles. The van der Waals surface area contributed by atoms with Crippen LogP contribution in [0.4, 0.5) is 5.69 Å².